The first-order valence-corrected chi connectivity index (χ1v) is 5.35. The van der Waals surface area contributed by atoms with Crippen molar-refractivity contribution in [3.8, 4) is 5.69 Å². The summed E-state index contributed by atoms with van der Waals surface area (Å²) in [6.45, 7) is 2.02. The first kappa shape index (κ1) is 11.2. The van der Waals surface area contributed by atoms with E-state index in [1.54, 1.807) is 18.3 Å². The van der Waals surface area contributed by atoms with E-state index >= 15 is 0 Å². The molecule has 4 N–H and O–H groups in total. The van der Waals surface area contributed by atoms with Crippen LogP contribution in [0.1, 0.15) is 23.1 Å². The molecule has 17 heavy (non-hydrogen) atoms. The zero-order valence-corrected chi connectivity index (χ0v) is 9.55. The number of nitrogen functional groups attached to an aromatic ring is 1. The summed E-state index contributed by atoms with van der Waals surface area (Å²) in [5.41, 5.74) is 12.5. The summed E-state index contributed by atoms with van der Waals surface area (Å²) in [5, 5.41) is 0. The van der Waals surface area contributed by atoms with Crippen LogP contribution in [0.4, 0.5) is 5.69 Å². The summed E-state index contributed by atoms with van der Waals surface area (Å²) in [6, 6.07) is 5.19. The Kier molecular flexibility index (Phi) is 2.82. The Hall–Kier alpha value is -2.30. The Balaban J connectivity index is 2.54. The third kappa shape index (κ3) is 1.99. The van der Waals surface area contributed by atoms with E-state index in [0.717, 1.165) is 17.9 Å². The molecule has 0 radical (unpaired) electrons. The van der Waals surface area contributed by atoms with Gasteiger partial charge in [0.25, 0.3) is 5.91 Å². The molecule has 0 saturated carbocycles. The average Bonchev–Trinajstić information content (AvgIpc) is 2.77. The lowest BCUT2D eigenvalue weighted by atomic mass is 10.1. The third-order valence-electron chi connectivity index (χ3n) is 2.61. The van der Waals surface area contributed by atoms with Crippen molar-refractivity contribution in [2.75, 3.05) is 5.73 Å². The predicted octanol–water partition coefficient (Wildman–Crippen LogP) is 1.12. The van der Waals surface area contributed by atoms with Gasteiger partial charge < -0.3 is 16.0 Å². The number of aromatic nitrogens is 2. The van der Waals surface area contributed by atoms with Crippen molar-refractivity contribution in [3.63, 3.8) is 0 Å². The number of nitrogens with zero attached hydrogens (tertiary/aromatic N) is 2. The average molecular weight is 230 g/mol. The number of carbonyl (C=O) groups excluding carboxylic acids is 1. The van der Waals surface area contributed by atoms with Gasteiger partial charge in [0.2, 0.25) is 0 Å². The molecular weight excluding hydrogens is 216 g/mol. The molecule has 1 aromatic carbocycles. The number of primary amides is 1. The normalized spacial score (nSPS) is 10.4. The number of rotatable bonds is 3. The fraction of sp³-hybridized carbons (Fsp3) is 0.167. The molecule has 2 aromatic rings. The first-order chi connectivity index (χ1) is 8.13. The maximum absolute atomic E-state index is 11.2. The van der Waals surface area contributed by atoms with Crippen LogP contribution in [-0.2, 0) is 6.42 Å². The fourth-order valence-corrected chi connectivity index (χ4v) is 1.74. The lowest BCUT2D eigenvalue weighted by Gasteiger charge is -2.09. The maximum Gasteiger partial charge on any atom is 0.250 e. The number of amides is 1. The SMILES string of the molecule is CCc1nccn1-c1ccc(N)c(C(N)=O)c1. The molecule has 0 aliphatic rings. The van der Waals surface area contributed by atoms with Gasteiger partial charge in [0, 0.05) is 30.2 Å². The van der Waals surface area contributed by atoms with E-state index in [-0.39, 0.29) is 0 Å². The maximum atomic E-state index is 11.2. The largest absolute Gasteiger partial charge is 0.398 e. The van der Waals surface area contributed by atoms with Gasteiger partial charge in [0.1, 0.15) is 5.82 Å². The Labute approximate surface area is 99.1 Å². The smallest absolute Gasteiger partial charge is 0.250 e. The molecule has 0 saturated heterocycles. The molecule has 1 amide bonds. The van der Waals surface area contributed by atoms with Crippen molar-refractivity contribution in [2.45, 2.75) is 13.3 Å². The van der Waals surface area contributed by atoms with Gasteiger partial charge in [-0.25, -0.2) is 4.98 Å². The number of hydrogen-bond acceptors (Lipinski definition) is 3. The number of anilines is 1. The van der Waals surface area contributed by atoms with Gasteiger partial charge in [-0.1, -0.05) is 6.92 Å². The summed E-state index contributed by atoms with van der Waals surface area (Å²) in [6.07, 6.45) is 4.37. The van der Waals surface area contributed by atoms with Gasteiger partial charge in [-0.05, 0) is 18.2 Å². The summed E-state index contributed by atoms with van der Waals surface area (Å²) < 4.78 is 1.91. The quantitative estimate of drug-likeness (QED) is 0.774. The molecule has 1 heterocycles. The molecule has 0 bridgehead atoms. The van der Waals surface area contributed by atoms with Crippen LogP contribution in [0.2, 0.25) is 0 Å². The van der Waals surface area contributed by atoms with Crippen molar-refractivity contribution in [1.29, 1.82) is 0 Å². The summed E-state index contributed by atoms with van der Waals surface area (Å²) in [5.74, 6) is 0.396. The van der Waals surface area contributed by atoms with Gasteiger partial charge in [-0.2, -0.15) is 0 Å². The molecule has 5 nitrogen and oxygen atoms in total. The van der Waals surface area contributed by atoms with Crippen molar-refractivity contribution in [3.05, 3.63) is 42.0 Å². The second-order valence-electron chi connectivity index (χ2n) is 3.70. The van der Waals surface area contributed by atoms with Crippen LogP contribution >= 0.6 is 0 Å². The minimum Gasteiger partial charge on any atom is -0.398 e. The topological polar surface area (TPSA) is 86.9 Å². The van der Waals surface area contributed by atoms with E-state index < -0.39 is 5.91 Å². The standard InChI is InChI=1S/C12H14N4O/c1-2-11-15-5-6-16(11)8-3-4-10(13)9(7-8)12(14)17/h3-7H,2,13H2,1H3,(H2,14,17). The zero-order chi connectivity index (χ0) is 12.4. The molecule has 0 aliphatic heterocycles. The van der Waals surface area contributed by atoms with E-state index in [9.17, 15) is 4.79 Å². The highest BCUT2D eigenvalue weighted by Gasteiger charge is 2.09. The highest BCUT2D eigenvalue weighted by atomic mass is 16.1. The van der Waals surface area contributed by atoms with Gasteiger partial charge >= 0.3 is 0 Å². The first-order valence-electron chi connectivity index (χ1n) is 5.35. The number of hydrogen-bond donors (Lipinski definition) is 2. The zero-order valence-electron chi connectivity index (χ0n) is 9.55. The molecule has 0 unspecified atom stereocenters. The molecule has 1 aromatic heterocycles. The minimum absolute atomic E-state index is 0.332. The number of benzene rings is 1. The van der Waals surface area contributed by atoms with E-state index in [2.05, 4.69) is 4.98 Å². The van der Waals surface area contributed by atoms with Gasteiger partial charge in [-0.3, -0.25) is 4.79 Å². The van der Waals surface area contributed by atoms with Gasteiger partial charge in [0.15, 0.2) is 0 Å². The Morgan fingerprint density at radius 3 is 2.88 bits per heavy atom. The lowest BCUT2D eigenvalue weighted by molar-refractivity contribution is 0.100. The number of carbonyl (C=O) groups is 1. The van der Waals surface area contributed by atoms with Crippen molar-refractivity contribution < 1.29 is 4.79 Å². The number of nitrogens with two attached hydrogens (primary N) is 2. The van der Waals surface area contributed by atoms with E-state index in [1.807, 2.05) is 23.8 Å². The van der Waals surface area contributed by atoms with Crippen LogP contribution in [0, 0.1) is 0 Å². The minimum atomic E-state index is -0.525. The molecule has 0 aliphatic carbocycles. The molecule has 2 rings (SSSR count). The van der Waals surface area contributed by atoms with E-state index in [0.29, 0.717) is 11.3 Å². The Bertz CT molecular complexity index is 559. The van der Waals surface area contributed by atoms with Crippen LogP contribution in [0.3, 0.4) is 0 Å². The summed E-state index contributed by atoms with van der Waals surface area (Å²) in [7, 11) is 0. The van der Waals surface area contributed by atoms with Gasteiger partial charge in [-0.15, -0.1) is 0 Å². The van der Waals surface area contributed by atoms with Crippen molar-refractivity contribution in [2.24, 2.45) is 5.73 Å². The predicted molar refractivity (Wildman–Crippen MR) is 65.9 cm³/mol. The monoisotopic (exact) mass is 230 g/mol. The second-order valence-corrected chi connectivity index (χ2v) is 3.70. The highest BCUT2D eigenvalue weighted by Crippen LogP contribution is 2.18. The fourth-order valence-electron chi connectivity index (χ4n) is 1.74. The van der Waals surface area contributed by atoms with E-state index in [1.165, 1.54) is 0 Å². The van der Waals surface area contributed by atoms with Crippen LogP contribution in [0.25, 0.3) is 5.69 Å². The Morgan fingerprint density at radius 1 is 1.47 bits per heavy atom. The molecule has 0 spiro atoms. The van der Waals surface area contributed by atoms with E-state index in [4.69, 9.17) is 11.5 Å². The Morgan fingerprint density at radius 2 is 2.24 bits per heavy atom. The number of imidazole rings is 1. The number of aryl methyl sites for hydroxylation is 1. The van der Waals surface area contributed by atoms with Crippen LogP contribution in [0.5, 0.6) is 0 Å². The van der Waals surface area contributed by atoms with Crippen LogP contribution in [-0.4, -0.2) is 15.5 Å². The van der Waals surface area contributed by atoms with Crippen molar-refractivity contribution in [1.82, 2.24) is 9.55 Å². The molecule has 88 valence electrons. The molecule has 0 atom stereocenters. The van der Waals surface area contributed by atoms with Crippen LogP contribution in [0.15, 0.2) is 30.6 Å². The molecular formula is C12H14N4O. The lowest BCUT2D eigenvalue weighted by Crippen LogP contribution is -2.14. The summed E-state index contributed by atoms with van der Waals surface area (Å²) >= 11 is 0. The van der Waals surface area contributed by atoms with Crippen LogP contribution < -0.4 is 11.5 Å². The second kappa shape index (κ2) is 4.29. The third-order valence-corrected chi connectivity index (χ3v) is 2.61. The molecule has 5 heteroatoms. The highest BCUT2D eigenvalue weighted by molar-refractivity contribution is 5.98. The summed E-state index contributed by atoms with van der Waals surface area (Å²) in [4.78, 5) is 15.4. The van der Waals surface area contributed by atoms with Gasteiger partial charge in [0.05, 0.1) is 5.56 Å². The molecule has 0 fully saturated rings. The van der Waals surface area contributed by atoms with Crippen molar-refractivity contribution >= 4 is 11.6 Å².